The normalized spacial score (nSPS) is 16.4. The molecule has 1 aliphatic heterocycles. The number of nitrogens with zero attached hydrogens (tertiary/aromatic N) is 4. The number of ether oxygens (including phenoxy) is 1. The molecule has 1 amide bonds. The number of rotatable bonds is 1. The third-order valence-corrected chi connectivity index (χ3v) is 3.64. The monoisotopic (exact) mass is 346 g/mol. The summed E-state index contributed by atoms with van der Waals surface area (Å²) < 4.78 is 5.42. The number of anilines is 1. The molecular weight excluding hydrogens is 327 g/mol. The van der Waals surface area contributed by atoms with Gasteiger partial charge in [0, 0.05) is 32.2 Å². The van der Waals surface area contributed by atoms with Crippen LogP contribution in [0.3, 0.4) is 0 Å². The molecule has 1 fully saturated rings. The second-order valence-electron chi connectivity index (χ2n) is 6.15. The zero-order valence-corrected chi connectivity index (χ0v) is 14.5. The van der Waals surface area contributed by atoms with E-state index >= 15 is 0 Å². The lowest BCUT2D eigenvalue weighted by atomic mass is 10.2. The minimum absolute atomic E-state index is 0.286. The van der Waals surface area contributed by atoms with Crippen LogP contribution < -0.4 is 4.90 Å². The second-order valence-corrected chi connectivity index (χ2v) is 6.90. The van der Waals surface area contributed by atoms with E-state index in [1.165, 1.54) is 0 Å². The summed E-state index contributed by atoms with van der Waals surface area (Å²) in [5.41, 5.74) is 0.252. The van der Waals surface area contributed by atoms with Gasteiger partial charge < -0.3 is 14.5 Å². The largest absolute Gasteiger partial charge is 0.444 e. The number of hydrogen-bond acceptors (Lipinski definition) is 5. The Hall–Kier alpha value is -1.27. The molecule has 1 aromatic rings. The van der Waals surface area contributed by atoms with Gasteiger partial charge in [0.1, 0.15) is 5.60 Å². The van der Waals surface area contributed by atoms with Crippen molar-refractivity contribution >= 4 is 35.0 Å². The van der Waals surface area contributed by atoms with Crippen LogP contribution in [0, 0.1) is 0 Å². The van der Waals surface area contributed by atoms with Crippen molar-refractivity contribution < 1.29 is 9.53 Å². The Kier molecular flexibility index (Phi) is 5.34. The van der Waals surface area contributed by atoms with Crippen molar-refractivity contribution in [1.82, 2.24) is 15.1 Å². The number of amides is 1. The Morgan fingerprint density at radius 1 is 1.18 bits per heavy atom. The highest BCUT2D eigenvalue weighted by Gasteiger charge is 2.25. The first kappa shape index (κ1) is 17.1. The van der Waals surface area contributed by atoms with E-state index in [9.17, 15) is 4.79 Å². The molecule has 0 N–H and O–H groups in total. The lowest BCUT2D eigenvalue weighted by Gasteiger charge is -2.27. The molecular formula is C14H20Cl2N4O2. The molecule has 122 valence electrons. The first-order chi connectivity index (χ1) is 10.3. The molecule has 1 aromatic heterocycles. The van der Waals surface area contributed by atoms with Crippen LogP contribution in [0.2, 0.25) is 10.3 Å². The Morgan fingerprint density at radius 3 is 2.59 bits per heavy atom. The highest BCUT2D eigenvalue weighted by molar-refractivity contribution is 6.33. The average molecular weight is 347 g/mol. The third kappa shape index (κ3) is 4.61. The van der Waals surface area contributed by atoms with Gasteiger partial charge in [0.2, 0.25) is 0 Å². The number of hydrogen-bond donors (Lipinski definition) is 0. The maximum absolute atomic E-state index is 12.1. The van der Waals surface area contributed by atoms with Crippen LogP contribution in [0.15, 0.2) is 6.07 Å². The van der Waals surface area contributed by atoms with Crippen LogP contribution in [0.5, 0.6) is 0 Å². The molecule has 8 heteroatoms. The SMILES string of the molecule is CC(C)(C)OC(=O)N1CCCN(c2cc(Cl)nnc2Cl)CC1. The van der Waals surface area contributed by atoms with E-state index in [1.54, 1.807) is 11.0 Å². The van der Waals surface area contributed by atoms with Crippen LogP contribution in [0.4, 0.5) is 10.5 Å². The van der Waals surface area contributed by atoms with Gasteiger partial charge in [-0.1, -0.05) is 23.2 Å². The van der Waals surface area contributed by atoms with Gasteiger partial charge in [-0.15, -0.1) is 10.2 Å². The van der Waals surface area contributed by atoms with Gasteiger partial charge in [-0.3, -0.25) is 0 Å². The fraction of sp³-hybridized carbons (Fsp3) is 0.643. The Labute approximate surface area is 140 Å². The van der Waals surface area contributed by atoms with Gasteiger partial charge in [0.15, 0.2) is 10.3 Å². The van der Waals surface area contributed by atoms with E-state index in [0.29, 0.717) is 29.9 Å². The summed E-state index contributed by atoms with van der Waals surface area (Å²) in [6.07, 6.45) is 0.529. The summed E-state index contributed by atoms with van der Waals surface area (Å²) in [4.78, 5) is 15.9. The molecule has 0 aliphatic carbocycles. The predicted octanol–water partition coefficient (Wildman–Crippen LogP) is 3.23. The fourth-order valence-corrected chi connectivity index (χ4v) is 2.59. The summed E-state index contributed by atoms with van der Waals surface area (Å²) in [7, 11) is 0. The van der Waals surface area contributed by atoms with E-state index in [0.717, 1.165) is 18.7 Å². The average Bonchev–Trinajstić information content (AvgIpc) is 2.65. The molecule has 0 unspecified atom stereocenters. The molecule has 6 nitrogen and oxygen atoms in total. The third-order valence-electron chi connectivity index (χ3n) is 3.19. The molecule has 22 heavy (non-hydrogen) atoms. The highest BCUT2D eigenvalue weighted by atomic mass is 35.5. The van der Waals surface area contributed by atoms with Gasteiger partial charge in [-0.2, -0.15) is 0 Å². The summed E-state index contributed by atoms with van der Waals surface area (Å²) in [6.45, 7) is 8.20. The topological polar surface area (TPSA) is 58.6 Å². The van der Waals surface area contributed by atoms with Crippen molar-refractivity contribution in [1.29, 1.82) is 0 Å². The molecule has 0 spiro atoms. The van der Waals surface area contributed by atoms with Crippen LogP contribution in [-0.2, 0) is 4.74 Å². The Bertz CT molecular complexity index is 548. The first-order valence-corrected chi connectivity index (χ1v) is 7.93. The summed E-state index contributed by atoms with van der Waals surface area (Å²) in [5.74, 6) is 0. The van der Waals surface area contributed by atoms with Gasteiger partial charge in [-0.25, -0.2) is 4.79 Å². The van der Waals surface area contributed by atoms with Crippen LogP contribution >= 0.6 is 23.2 Å². The lowest BCUT2D eigenvalue weighted by molar-refractivity contribution is 0.0263. The van der Waals surface area contributed by atoms with Crippen LogP contribution in [-0.4, -0.2) is 53.0 Å². The molecule has 0 bridgehead atoms. The molecule has 0 atom stereocenters. The summed E-state index contributed by atoms with van der Waals surface area (Å²) in [6, 6.07) is 1.69. The minimum Gasteiger partial charge on any atom is -0.444 e. The van der Waals surface area contributed by atoms with E-state index in [2.05, 4.69) is 15.1 Å². The van der Waals surface area contributed by atoms with E-state index in [-0.39, 0.29) is 6.09 Å². The molecule has 1 aliphatic rings. The van der Waals surface area contributed by atoms with Crippen molar-refractivity contribution in [2.75, 3.05) is 31.1 Å². The smallest absolute Gasteiger partial charge is 0.410 e. The quantitative estimate of drug-likeness (QED) is 0.781. The Balaban J connectivity index is 2.03. The molecule has 2 heterocycles. The van der Waals surface area contributed by atoms with E-state index in [1.807, 2.05) is 20.8 Å². The van der Waals surface area contributed by atoms with Crippen molar-refractivity contribution in [2.45, 2.75) is 32.8 Å². The van der Waals surface area contributed by atoms with Crippen LogP contribution in [0.25, 0.3) is 0 Å². The number of halogens is 2. The molecule has 2 rings (SSSR count). The van der Waals surface area contributed by atoms with Crippen molar-refractivity contribution in [3.8, 4) is 0 Å². The van der Waals surface area contributed by atoms with Gasteiger partial charge in [0.05, 0.1) is 5.69 Å². The van der Waals surface area contributed by atoms with Gasteiger partial charge >= 0.3 is 6.09 Å². The lowest BCUT2D eigenvalue weighted by Crippen LogP contribution is -2.39. The fourth-order valence-electron chi connectivity index (χ4n) is 2.23. The predicted molar refractivity (Wildman–Crippen MR) is 86.7 cm³/mol. The molecule has 0 radical (unpaired) electrons. The van der Waals surface area contributed by atoms with E-state index in [4.69, 9.17) is 27.9 Å². The number of aromatic nitrogens is 2. The maximum Gasteiger partial charge on any atom is 0.410 e. The summed E-state index contributed by atoms with van der Waals surface area (Å²) >= 11 is 12.0. The van der Waals surface area contributed by atoms with Crippen LogP contribution in [0.1, 0.15) is 27.2 Å². The number of carbonyl (C=O) groups excluding carboxylic acids is 1. The Morgan fingerprint density at radius 2 is 1.91 bits per heavy atom. The minimum atomic E-state index is -0.491. The van der Waals surface area contributed by atoms with Crippen molar-refractivity contribution in [2.24, 2.45) is 0 Å². The first-order valence-electron chi connectivity index (χ1n) is 7.18. The van der Waals surface area contributed by atoms with E-state index < -0.39 is 5.60 Å². The molecule has 0 aromatic carbocycles. The van der Waals surface area contributed by atoms with Gasteiger partial charge in [0.25, 0.3) is 0 Å². The number of carbonyl (C=O) groups is 1. The van der Waals surface area contributed by atoms with Crippen molar-refractivity contribution in [3.05, 3.63) is 16.4 Å². The molecule has 0 saturated carbocycles. The zero-order valence-electron chi connectivity index (χ0n) is 13.0. The maximum atomic E-state index is 12.1. The molecule has 1 saturated heterocycles. The highest BCUT2D eigenvalue weighted by Crippen LogP contribution is 2.26. The summed E-state index contributed by atoms with van der Waals surface area (Å²) in [5, 5.41) is 8.15. The van der Waals surface area contributed by atoms with Crippen molar-refractivity contribution in [3.63, 3.8) is 0 Å². The van der Waals surface area contributed by atoms with Gasteiger partial charge in [-0.05, 0) is 27.2 Å². The zero-order chi connectivity index (χ0) is 16.3. The standard InChI is InChI=1S/C14H20Cl2N4O2/c1-14(2,3)22-13(21)20-6-4-5-19(7-8-20)10-9-11(15)17-18-12(10)16/h9H,4-8H2,1-3H3. The second kappa shape index (κ2) is 6.87.